The van der Waals surface area contributed by atoms with Crippen molar-refractivity contribution in [2.75, 3.05) is 38.7 Å². The number of rotatable bonds is 6. The van der Waals surface area contributed by atoms with E-state index in [0.29, 0.717) is 11.4 Å². The fraction of sp³-hybridized carbons (Fsp3) is 0.556. The van der Waals surface area contributed by atoms with Crippen molar-refractivity contribution in [1.82, 2.24) is 5.32 Å². The van der Waals surface area contributed by atoms with E-state index in [1.54, 1.807) is 0 Å². The molecule has 2 heterocycles. The quantitative estimate of drug-likeness (QED) is 0.781. The van der Waals surface area contributed by atoms with Gasteiger partial charge >= 0.3 is 0 Å². The van der Waals surface area contributed by atoms with Crippen LogP contribution in [0.1, 0.15) is 25.3 Å². The van der Waals surface area contributed by atoms with Crippen molar-refractivity contribution in [3.05, 3.63) is 33.8 Å². The highest BCUT2D eigenvalue weighted by molar-refractivity contribution is 9.10. The Kier molecular flexibility index (Phi) is 6.07. The molecule has 5 heteroatoms. The topological polar surface area (TPSA) is 30.5 Å². The van der Waals surface area contributed by atoms with Crippen LogP contribution in [0.3, 0.4) is 0 Å². The molecule has 0 radical (unpaired) electrons. The van der Waals surface area contributed by atoms with Gasteiger partial charge in [0.25, 0.3) is 0 Å². The second kappa shape index (κ2) is 8.06. The molecular weight excluding hydrogens is 374 g/mol. The third-order valence-corrected chi connectivity index (χ3v) is 6.35. The van der Waals surface area contributed by atoms with Gasteiger partial charge in [0.05, 0.1) is 0 Å². The van der Waals surface area contributed by atoms with Crippen LogP contribution >= 0.6 is 27.7 Å². The van der Waals surface area contributed by atoms with Crippen molar-refractivity contribution >= 4 is 33.8 Å². The molecule has 3 rings (SSSR count). The lowest BCUT2D eigenvalue weighted by molar-refractivity contribution is 0.0773. The third-order valence-electron chi connectivity index (χ3n) is 4.40. The molecule has 0 aromatic heterocycles. The van der Waals surface area contributed by atoms with Crippen LogP contribution in [0, 0.1) is 0 Å². The van der Waals surface area contributed by atoms with Crippen LogP contribution in [0.5, 0.6) is 5.75 Å². The molecule has 126 valence electrons. The number of fused-ring (bicyclic) bond motifs is 1. The zero-order valence-electron chi connectivity index (χ0n) is 13.6. The summed E-state index contributed by atoms with van der Waals surface area (Å²) in [6.45, 7) is 6.63. The molecule has 1 saturated heterocycles. The van der Waals surface area contributed by atoms with Crippen molar-refractivity contribution in [2.45, 2.75) is 24.5 Å². The second-order valence-electron chi connectivity index (χ2n) is 6.11. The molecule has 0 atom stereocenters. The Morgan fingerprint density at radius 3 is 2.91 bits per heavy atom. The van der Waals surface area contributed by atoms with E-state index < -0.39 is 0 Å². The predicted molar refractivity (Wildman–Crippen MR) is 101 cm³/mol. The van der Waals surface area contributed by atoms with E-state index in [9.17, 15) is 0 Å². The van der Waals surface area contributed by atoms with E-state index in [1.165, 1.54) is 5.57 Å². The summed E-state index contributed by atoms with van der Waals surface area (Å²) in [6, 6.07) is 6.16. The summed E-state index contributed by atoms with van der Waals surface area (Å²) in [4.78, 5) is 0. The Labute approximate surface area is 151 Å². The van der Waals surface area contributed by atoms with Crippen LogP contribution in [0.4, 0.5) is 0 Å². The molecule has 2 aliphatic heterocycles. The summed E-state index contributed by atoms with van der Waals surface area (Å²) in [6.07, 6.45) is 4.54. The minimum Gasteiger partial charge on any atom is -0.489 e. The van der Waals surface area contributed by atoms with E-state index >= 15 is 0 Å². The maximum absolute atomic E-state index is 5.85. The van der Waals surface area contributed by atoms with Gasteiger partial charge in [-0.25, -0.2) is 0 Å². The van der Waals surface area contributed by atoms with E-state index in [4.69, 9.17) is 9.47 Å². The van der Waals surface area contributed by atoms with E-state index in [2.05, 4.69) is 52.1 Å². The molecule has 2 aliphatic rings. The standard InChI is InChI=1S/C18H24BrNO2S/c1-2-23-18(5-7-21-8-6-18)13-20-11-14-9-15-10-16(19)3-4-17(15)22-12-14/h3-4,9-10,20H,2,5-8,11-13H2,1H3. The lowest BCUT2D eigenvalue weighted by Gasteiger charge is -2.37. The number of nitrogens with one attached hydrogen (secondary N) is 1. The molecule has 0 bridgehead atoms. The van der Waals surface area contributed by atoms with Gasteiger partial charge in [0.2, 0.25) is 0 Å². The Bertz CT molecular complexity index is 565. The maximum atomic E-state index is 5.85. The first-order chi connectivity index (χ1) is 11.2. The van der Waals surface area contributed by atoms with Gasteiger partial charge in [0, 0.05) is 41.1 Å². The normalized spacial score (nSPS) is 19.7. The molecular formula is C18H24BrNO2S. The number of thioether (sulfide) groups is 1. The van der Waals surface area contributed by atoms with Crippen LogP contribution < -0.4 is 10.1 Å². The highest BCUT2D eigenvalue weighted by Crippen LogP contribution is 2.35. The molecule has 1 aromatic carbocycles. The lowest BCUT2D eigenvalue weighted by atomic mass is 9.98. The molecule has 0 amide bonds. The zero-order valence-corrected chi connectivity index (χ0v) is 16.0. The Morgan fingerprint density at radius 1 is 1.30 bits per heavy atom. The summed E-state index contributed by atoms with van der Waals surface area (Å²) in [5, 5.41) is 3.66. The fourth-order valence-electron chi connectivity index (χ4n) is 3.17. The summed E-state index contributed by atoms with van der Waals surface area (Å²) in [5.74, 6) is 2.13. The average molecular weight is 398 g/mol. The lowest BCUT2D eigenvalue weighted by Crippen LogP contribution is -2.43. The highest BCUT2D eigenvalue weighted by atomic mass is 79.9. The van der Waals surface area contributed by atoms with Crippen molar-refractivity contribution in [3.8, 4) is 5.75 Å². The number of ether oxygens (including phenoxy) is 2. The van der Waals surface area contributed by atoms with E-state index in [0.717, 1.165) is 60.7 Å². The van der Waals surface area contributed by atoms with Gasteiger partial charge in [-0.1, -0.05) is 22.9 Å². The number of halogens is 1. The molecule has 23 heavy (non-hydrogen) atoms. The average Bonchev–Trinajstić information content (AvgIpc) is 2.55. The SMILES string of the molecule is CCSC1(CNCC2=Cc3cc(Br)ccc3OC2)CCOCC1. The summed E-state index contributed by atoms with van der Waals surface area (Å²) in [5.41, 5.74) is 2.46. The van der Waals surface area contributed by atoms with Gasteiger partial charge in [0.1, 0.15) is 12.4 Å². The molecule has 0 unspecified atom stereocenters. The van der Waals surface area contributed by atoms with Gasteiger partial charge < -0.3 is 14.8 Å². The Balaban J connectivity index is 1.58. The van der Waals surface area contributed by atoms with E-state index in [-0.39, 0.29) is 0 Å². The second-order valence-corrected chi connectivity index (χ2v) is 8.75. The van der Waals surface area contributed by atoms with Crippen molar-refractivity contribution < 1.29 is 9.47 Å². The van der Waals surface area contributed by atoms with Gasteiger partial charge in [0.15, 0.2) is 0 Å². The molecule has 1 aromatic rings. The zero-order chi connectivity index (χ0) is 16.1. The van der Waals surface area contributed by atoms with Crippen molar-refractivity contribution in [2.24, 2.45) is 0 Å². The van der Waals surface area contributed by atoms with Crippen LogP contribution in [-0.2, 0) is 4.74 Å². The maximum Gasteiger partial charge on any atom is 0.127 e. The monoisotopic (exact) mass is 397 g/mol. The van der Waals surface area contributed by atoms with Crippen molar-refractivity contribution in [1.29, 1.82) is 0 Å². The summed E-state index contributed by atoms with van der Waals surface area (Å²) < 4.78 is 12.8. The van der Waals surface area contributed by atoms with Crippen LogP contribution in [-0.4, -0.2) is 43.4 Å². The van der Waals surface area contributed by atoms with Gasteiger partial charge in [-0.3, -0.25) is 0 Å². The molecule has 1 fully saturated rings. The molecule has 3 nitrogen and oxygen atoms in total. The molecule has 1 N–H and O–H groups in total. The van der Waals surface area contributed by atoms with Gasteiger partial charge in [-0.05, 0) is 48.4 Å². The fourth-order valence-corrected chi connectivity index (χ4v) is 4.82. The third kappa shape index (κ3) is 4.53. The first-order valence-corrected chi connectivity index (χ1v) is 10.0. The molecule has 0 spiro atoms. The molecule has 0 aliphatic carbocycles. The number of benzene rings is 1. The van der Waals surface area contributed by atoms with E-state index in [1.807, 2.05) is 12.1 Å². The smallest absolute Gasteiger partial charge is 0.127 e. The number of hydrogen-bond donors (Lipinski definition) is 1. The van der Waals surface area contributed by atoms with Crippen LogP contribution in [0.2, 0.25) is 0 Å². The Morgan fingerprint density at radius 2 is 2.13 bits per heavy atom. The van der Waals surface area contributed by atoms with Crippen LogP contribution in [0.25, 0.3) is 6.08 Å². The minimum atomic E-state index is 0.337. The Hall–Kier alpha value is -0.490. The largest absolute Gasteiger partial charge is 0.489 e. The van der Waals surface area contributed by atoms with Gasteiger partial charge in [-0.15, -0.1) is 0 Å². The highest BCUT2D eigenvalue weighted by Gasteiger charge is 2.32. The number of hydrogen-bond acceptors (Lipinski definition) is 4. The van der Waals surface area contributed by atoms with Crippen LogP contribution in [0.15, 0.2) is 28.2 Å². The summed E-state index contributed by atoms with van der Waals surface area (Å²) >= 11 is 5.60. The first kappa shape index (κ1) is 17.3. The first-order valence-electron chi connectivity index (χ1n) is 8.25. The predicted octanol–water partition coefficient (Wildman–Crippen LogP) is 4.12. The molecule has 0 saturated carbocycles. The minimum absolute atomic E-state index is 0.337. The summed E-state index contributed by atoms with van der Waals surface area (Å²) in [7, 11) is 0. The van der Waals surface area contributed by atoms with Gasteiger partial charge in [-0.2, -0.15) is 11.8 Å². The van der Waals surface area contributed by atoms with Crippen molar-refractivity contribution in [3.63, 3.8) is 0 Å².